The highest BCUT2D eigenvalue weighted by Gasteiger charge is 2.13. The highest BCUT2D eigenvalue weighted by Crippen LogP contribution is 2.32. The molecular weight excluding hydrogens is 389 g/mol. The number of benzene rings is 2. The van der Waals surface area contributed by atoms with Gasteiger partial charge in [-0.1, -0.05) is 11.6 Å². The summed E-state index contributed by atoms with van der Waals surface area (Å²) in [5, 5.41) is 11.0. The van der Waals surface area contributed by atoms with Crippen LogP contribution in [0.1, 0.15) is 26.3 Å². The predicted octanol–water partition coefficient (Wildman–Crippen LogP) is 5.57. The molecule has 2 aromatic rings. The number of non-ortho nitro benzene ring substituents is 1. The van der Waals surface area contributed by atoms with E-state index in [9.17, 15) is 10.1 Å². The Morgan fingerprint density at radius 2 is 1.78 bits per heavy atom. The first-order valence-electron chi connectivity index (χ1n) is 8.51. The molecule has 0 aliphatic rings. The van der Waals surface area contributed by atoms with Crippen LogP contribution in [0.3, 0.4) is 0 Å². The van der Waals surface area contributed by atoms with E-state index in [2.05, 4.69) is 23.7 Å². The molecular formula is C19H23Cl2N3O3. The summed E-state index contributed by atoms with van der Waals surface area (Å²) in [5.41, 5.74) is 0.940. The predicted molar refractivity (Wildman–Crippen MR) is 112 cm³/mol. The lowest BCUT2D eigenvalue weighted by Crippen LogP contribution is -2.31. The van der Waals surface area contributed by atoms with E-state index < -0.39 is 4.92 Å². The molecule has 0 aliphatic heterocycles. The Morgan fingerprint density at radius 1 is 1.15 bits per heavy atom. The average Bonchev–Trinajstić information content (AvgIpc) is 2.64. The maximum absolute atomic E-state index is 10.8. The molecule has 0 saturated carbocycles. The Labute approximate surface area is 170 Å². The van der Waals surface area contributed by atoms with E-state index in [1.54, 1.807) is 0 Å². The summed E-state index contributed by atoms with van der Waals surface area (Å²) in [7, 11) is 0. The number of aliphatic imine (C=N–C) groups is 1. The molecule has 0 amide bonds. The monoisotopic (exact) mass is 411 g/mol. The minimum atomic E-state index is -0.494. The molecule has 2 aromatic carbocycles. The second-order valence-electron chi connectivity index (χ2n) is 5.47. The zero-order chi connectivity index (χ0) is 19.1. The molecule has 0 atom stereocenters. The zero-order valence-electron chi connectivity index (χ0n) is 15.5. The fourth-order valence-corrected chi connectivity index (χ4v) is 2.75. The Morgan fingerprint density at radius 3 is 2.26 bits per heavy atom. The molecule has 0 aromatic heterocycles. The minimum Gasteiger partial charge on any atom is -0.456 e. The summed E-state index contributed by atoms with van der Waals surface area (Å²) < 4.78 is 5.74. The van der Waals surface area contributed by atoms with Gasteiger partial charge in [-0.3, -0.25) is 15.1 Å². The second-order valence-corrected chi connectivity index (χ2v) is 5.88. The first-order valence-corrected chi connectivity index (χ1v) is 8.89. The molecule has 0 fully saturated rings. The van der Waals surface area contributed by atoms with Crippen LogP contribution in [0.4, 0.5) is 5.69 Å². The maximum atomic E-state index is 10.8. The number of nitro benzene ring substituents is 1. The summed E-state index contributed by atoms with van der Waals surface area (Å²) in [5.74, 6) is 1.92. The minimum absolute atomic E-state index is 0. The molecule has 0 bridgehead atoms. The van der Waals surface area contributed by atoms with Crippen molar-refractivity contribution in [2.45, 2.75) is 20.8 Å². The third-order valence-corrected chi connectivity index (χ3v) is 4.13. The third kappa shape index (κ3) is 5.84. The largest absolute Gasteiger partial charge is 0.456 e. The number of hydrogen-bond donors (Lipinski definition) is 0. The zero-order valence-corrected chi connectivity index (χ0v) is 17.1. The lowest BCUT2D eigenvalue weighted by molar-refractivity contribution is -0.384. The summed E-state index contributed by atoms with van der Waals surface area (Å²) in [6, 6.07) is 11.7. The van der Waals surface area contributed by atoms with Crippen LogP contribution < -0.4 is 4.74 Å². The molecule has 0 aliphatic carbocycles. The fraction of sp³-hybridized carbons (Fsp3) is 0.316. The summed E-state index contributed by atoms with van der Waals surface area (Å²) >= 11 is 6.07. The SMILES string of the molecule is CCN=C(c1ccc(Oc2ccc([N+](=O)[O-])cc2Cl)cc1)N(CC)CC.Cl. The van der Waals surface area contributed by atoms with E-state index >= 15 is 0 Å². The highest BCUT2D eigenvalue weighted by atomic mass is 35.5. The van der Waals surface area contributed by atoms with E-state index in [1.807, 2.05) is 31.2 Å². The first-order chi connectivity index (χ1) is 12.5. The quantitative estimate of drug-likeness (QED) is 0.258. The van der Waals surface area contributed by atoms with Crippen LogP contribution in [-0.2, 0) is 0 Å². The first kappa shape index (κ1) is 22.7. The Kier molecular flexibility index (Phi) is 9.05. The normalized spacial score (nSPS) is 10.9. The summed E-state index contributed by atoms with van der Waals surface area (Å²) in [6.45, 7) is 8.68. The number of hydrogen-bond acceptors (Lipinski definition) is 4. The lowest BCUT2D eigenvalue weighted by Gasteiger charge is -2.23. The van der Waals surface area contributed by atoms with Crippen LogP contribution in [0, 0.1) is 10.1 Å². The molecule has 2 rings (SSSR count). The number of rotatable bonds is 7. The Bertz CT molecular complexity index is 791. The molecule has 0 saturated heterocycles. The van der Waals surface area contributed by atoms with Crippen molar-refractivity contribution in [2.75, 3.05) is 19.6 Å². The van der Waals surface area contributed by atoms with Crippen LogP contribution in [0.15, 0.2) is 47.5 Å². The van der Waals surface area contributed by atoms with Crippen LogP contribution in [0.25, 0.3) is 0 Å². The van der Waals surface area contributed by atoms with Crippen molar-refractivity contribution in [2.24, 2.45) is 4.99 Å². The molecule has 8 heteroatoms. The van der Waals surface area contributed by atoms with Crippen molar-refractivity contribution in [3.63, 3.8) is 0 Å². The van der Waals surface area contributed by atoms with Gasteiger partial charge in [0.25, 0.3) is 5.69 Å². The molecule has 0 heterocycles. The van der Waals surface area contributed by atoms with E-state index in [-0.39, 0.29) is 23.1 Å². The van der Waals surface area contributed by atoms with Crippen molar-refractivity contribution in [1.82, 2.24) is 4.90 Å². The van der Waals surface area contributed by atoms with Crippen molar-refractivity contribution in [1.29, 1.82) is 0 Å². The Hall–Kier alpha value is -2.31. The second kappa shape index (κ2) is 10.7. The fourth-order valence-electron chi connectivity index (χ4n) is 2.53. The summed E-state index contributed by atoms with van der Waals surface area (Å²) in [4.78, 5) is 17.1. The van der Waals surface area contributed by atoms with Crippen LogP contribution in [-0.4, -0.2) is 35.3 Å². The number of nitrogens with zero attached hydrogens (tertiary/aromatic N) is 3. The van der Waals surface area contributed by atoms with Gasteiger partial charge in [0.15, 0.2) is 0 Å². The van der Waals surface area contributed by atoms with Gasteiger partial charge in [0, 0.05) is 37.3 Å². The molecule has 0 radical (unpaired) electrons. The average molecular weight is 412 g/mol. The van der Waals surface area contributed by atoms with Gasteiger partial charge in [-0.25, -0.2) is 0 Å². The smallest absolute Gasteiger partial charge is 0.271 e. The number of amidine groups is 1. The van der Waals surface area contributed by atoms with E-state index in [0.717, 1.165) is 24.5 Å². The molecule has 27 heavy (non-hydrogen) atoms. The van der Waals surface area contributed by atoms with Crippen molar-refractivity contribution < 1.29 is 9.66 Å². The molecule has 0 N–H and O–H groups in total. The van der Waals surface area contributed by atoms with Crippen molar-refractivity contribution in [3.05, 3.63) is 63.2 Å². The molecule has 6 nitrogen and oxygen atoms in total. The van der Waals surface area contributed by atoms with E-state index in [4.69, 9.17) is 16.3 Å². The van der Waals surface area contributed by atoms with Gasteiger partial charge < -0.3 is 9.64 Å². The van der Waals surface area contributed by atoms with E-state index in [0.29, 0.717) is 18.0 Å². The topological polar surface area (TPSA) is 68.0 Å². The van der Waals surface area contributed by atoms with Gasteiger partial charge in [-0.2, -0.15) is 0 Å². The standard InChI is InChI=1S/C19H22ClN3O3.ClH/c1-4-21-19(22(5-2)6-3)14-7-10-16(11-8-14)26-18-12-9-15(23(24)25)13-17(18)20;/h7-13H,4-6H2,1-3H3;1H. The molecule has 146 valence electrons. The van der Waals surface area contributed by atoms with Crippen molar-refractivity contribution in [3.8, 4) is 11.5 Å². The van der Waals surface area contributed by atoms with E-state index in [1.165, 1.54) is 18.2 Å². The van der Waals surface area contributed by atoms with Gasteiger partial charge in [0.1, 0.15) is 17.3 Å². The van der Waals surface area contributed by atoms with Gasteiger partial charge in [0.2, 0.25) is 0 Å². The van der Waals surface area contributed by atoms with Crippen LogP contribution in [0.5, 0.6) is 11.5 Å². The lowest BCUT2D eigenvalue weighted by atomic mass is 10.1. The molecule has 0 spiro atoms. The van der Waals surface area contributed by atoms with Crippen LogP contribution >= 0.6 is 24.0 Å². The third-order valence-electron chi connectivity index (χ3n) is 3.84. The summed E-state index contributed by atoms with van der Waals surface area (Å²) in [6.07, 6.45) is 0. The van der Waals surface area contributed by atoms with Gasteiger partial charge in [0.05, 0.1) is 9.95 Å². The maximum Gasteiger partial charge on any atom is 0.271 e. The molecule has 0 unspecified atom stereocenters. The van der Waals surface area contributed by atoms with Gasteiger partial charge >= 0.3 is 0 Å². The van der Waals surface area contributed by atoms with Gasteiger partial charge in [-0.15, -0.1) is 12.4 Å². The van der Waals surface area contributed by atoms with Gasteiger partial charge in [-0.05, 0) is 51.1 Å². The number of halogens is 2. The Balaban J connectivity index is 0.00000364. The van der Waals surface area contributed by atoms with Crippen molar-refractivity contribution >= 4 is 35.5 Å². The number of ether oxygens (including phenoxy) is 1. The van der Waals surface area contributed by atoms with Crippen LogP contribution in [0.2, 0.25) is 5.02 Å². The highest BCUT2D eigenvalue weighted by molar-refractivity contribution is 6.32. The number of nitro groups is 1.